The highest BCUT2D eigenvalue weighted by Gasteiger charge is 2.00. The molecule has 1 unspecified atom stereocenters. The molecule has 0 bridgehead atoms. The van der Waals surface area contributed by atoms with Crippen LogP contribution in [0.25, 0.3) is 0 Å². The minimum atomic E-state index is -0.490. The highest BCUT2D eigenvalue weighted by atomic mass is 19.1. The van der Waals surface area contributed by atoms with Crippen LogP contribution in [0.2, 0.25) is 5.82 Å². The van der Waals surface area contributed by atoms with Crippen LogP contribution in [0.4, 0.5) is 4.39 Å². The maximum Gasteiger partial charge on any atom is 0.123 e. The Morgan fingerprint density at radius 1 is 1.42 bits per heavy atom. The van der Waals surface area contributed by atoms with Gasteiger partial charge in [0.1, 0.15) is 12.1 Å². The van der Waals surface area contributed by atoms with E-state index >= 15 is 0 Å². The van der Waals surface area contributed by atoms with Gasteiger partial charge in [0, 0.05) is 0 Å². The zero-order valence-electron chi connectivity index (χ0n) is 6.53. The average Bonchev–Trinajstić information content (AvgIpc) is 2.09. The van der Waals surface area contributed by atoms with E-state index in [0.717, 1.165) is 5.56 Å². The lowest BCUT2D eigenvalue weighted by molar-refractivity contribution is -0.107. The molecule has 0 aliphatic heterocycles. The second-order valence-corrected chi connectivity index (χ2v) is 2.63. The predicted molar refractivity (Wildman–Crippen MR) is 45.7 cm³/mol. The van der Waals surface area contributed by atoms with Crippen LogP contribution in [0.15, 0.2) is 24.3 Å². The fourth-order valence-corrected chi connectivity index (χ4v) is 0.941. The molecular weight excluding hydrogens is 154 g/mol. The number of carbonyl (C=O) groups excluding carboxylic acids is 1. The van der Waals surface area contributed by atoms with Crippen molar-refractivity contribution in [3.05, 3.63) is 35.6 Å². The van der Waals surface area contributed by atoms with Gasteiger partial charge in [-0.05, 0) is 29.9 Å². The molecular formula is C9H8BFO. The zero-order valence-corrected chi connectivity index (χ0v) is 6.53. The van der Waals surface area contributed by atoms with Crippen molar-refractivity contribution < 1.29 is 9.18 Å². The van der Waals surface area contributed by atoms with Crippen LogP contribution in [0.3, 0.4) is 0 Å². The number of benzene rings is 1. The molecule has 0 aromatic heterocycles. The molecule has 3 heteroatoms. The SMILES string of the molecule is [B]C(C=O)Cc1ccc(F)cc1. The highest BCUT2D eigenvalue weighted by Crippen LogP contribution is 2.09. The summed E-state index contributed by atoms with van der Waals surface area (Å²) in [6.07, 6.45) is 1.15. The molecule has 0 N–H and O–H groups in total. The second-order valence-electron chi connectivity index (χ2n) is 2.63. The van der Waals surface area contributed by atoms with E-state index in [-0.39, 0.29) is 5.82 Å². The van der Waals surface area contributed by atoms with Gasteiger partial charge in [0.25, 0.3) is 0 Å². The van der Waals surface area contributed by atoms with Crippen LogP contribution >= 0.6 is 0 Å². The number of rotatable bonds is 3. The number of hydrogen-bond donors (Lipinski definition) is 0. The molecule has 0 spiro atoms. The summed E-state index contributed by atoms with van der Waals surface area (Å²) in [5.41, 5.74) is 0.871. The van der Waals surface area contributed by atoms with Gasteiger partial charge < -0.3 is 4.79 Å². The molecule has 1 aromatic rings. The van der Waals surface area contributed by atoms with E-state index in [1.54, 1.807) is 12.1 Å². The Morgan fingerprint density at radius 2 is 2.00 bits per heavy atom. The van der Waals surface area contributed by atoms with Crippen molar-refractivity contribution in [2.24, 2.45) is 0 Å². The first-order valence-corrected chi connectivity index (χ1v) is 3.67. The second kappa shape index (κ2) is 4.05. The minimum Gasteiger partial charge on any atom is -0.304 e. The smallest absolute Gasteiger partial charge is 0.123 e. The minimum absolute atomic E-state index is 0.279. The van der Waals surface area contributed by atoms with Crippen molar-refractivity contribution in [1.29, 1.82) is 0 Å². The topological polar surface area (TPSA) is 17.1 Å². The van der Waals surface area contributed by atoms with Gasteiger partial charge in [-0.15, -0.1) is 0 Å². The molecule has 1 rings (SSSR count). The Morgan fingerprint density at radius 3 is 2.50 bits per heavy atom. The van der Waals surface area contributed by atoms with E-state index in [0.29, 0.717) is 12.7 Å². The number of aldehydes is 1. The Bertz CT molecular complexity index is 258. The maximum absolute atomic E-state index is 12.4. The van der Waals surface area contributed by atoms with Crippen molar-refractivity contribution in [2.45, 2.75) is 12.2 Å². The van der Waals surface area contributed by atoms with E-state index in [1.807, 2.05) is 0 Å². The summed E-state index contributed by atoms with van der Waals surface area (Å²) in [5.74, 6) is -0.770. The van der Waals surface area contributed by atoms with E-state index < -0.39 is 5.82 Å². The van der Waals surface area contributed by atoms with Crippen LogP contribution in [-0.4, -0.2) is 14.1 Å². The Kier molecular flexibility index (Phi) is 3.03. The Hall–Kier alpha value is -1.12. The van der Waals surface area contributed by atoms with Gasteiger partial charge in [-0.3, -0.25) is 0 Å². The molecule has 60 valence electrons. The van der Waals surface area contributed by atoms with Gasteiger partial charge in [0.2, 0.25) is 0 Å². The van der Waals surface area contributed by atoms with Crippen molar-refractivity contribution in [3.63, 3.8) is 0 Å². The van der Waals surface area contributed by atoms with Gasteiger partial charge in [-0.25, -0.2) is 4.39 Å². The monoisotopic (exact) mass is 162 g/mol. The summed E-state index contributed by atoms with van der Waals surface area (Å²) >= 11 is 0. The Balaban J connectivity index is 2.64. The standard InChI is InChI=1S/C9H8BFO/c10-8(6-12)5-7-1-3-9(11)4-2-7/h1-4,6,8H,5H2. The highest BCUT2D eigenvalue weighted by molar-refractivity contribution is 6.19. The molecule has 0 aliphatic rings. The number of carbonyl (C=O) groups is 1. The predicted octanol–water partition coefficient (Wildman–Crippen LogP) is 1.52. The fraction of sp³-hybridized carbons (Fsp3) is 0.222. The van der Waals surface area contributed by atoms with Gasteiger partial charge in [0.15, 0.2) is 0 Å². The maximum atomic E-state index is 12.4. The first kappa shape index (κ1) is 8.98. The zero-order chi connectivity index (χ0) is 8.97. The van der Waals surface area contributed by atoms with Crippen LogP contribution in [0.1, 0.15) is 5.56 Å². The van der Waals surface area contributed by atoms with Crippen molar-refractivity contribution in [3.8, 4) is 0 Å². The molecule has 1 aromatic carbocycles. The summed E-state index contributed by atoms with van der Waals surface area (Å²) in [6.45, 7) is 0. The largest absolute Gasteiger partial charge is 0.304 e. The molecule has 12 heavy (non-hydrogen) atoms. The molecule has 0 fully saturated rings. The van der Waals surface area contributed by atoms with Gasteiger partial charge in [0.05, 0.1) is 7.85 Å². The van der Waals surface area contributed by atoms with Crippen molar-refractivity contribution in [1.82, 2.24) is 0 Å². The Labute approximate surface area is 72.0 Å². The molecule has 0 heterocycles. The molecule has 1 nitrogen and oxygen atoms in total. The van der Waals surface area contributed by atoms with E-state index in [9.17, 15) is 9.18 Å². The third kappa shape index (κ3) is 2.49. The summed E-state index contributed by atoms with van der Waals surface area (Å²) in [7, 11) is 5.38. The fourth-order valence-electron chi connectivity index (χ4n) is 0.941. The summed E-state index contributed by atoms with van der Waals surface area (Å²) < 4.78 is 12.4. The third-order valence-electron chi connectivity index (χ3n) is 1.56. The normalized spacial score (nSPS) is 12.4. The molecule has 0 saturated carbocycles. The molecule has 0 saturated heterocycles. The first-order valence-electron chi connectivity index (χ1n) is 3.67. The van der Waals surface area contributed by atoms with Crippen LogP contribution in [-0.2, 0) is 11.2 Å². The average molecular weight is 162 g/mol. The lowest BCUT2D eigenvalue weighted by Crippen LogP contribution is -1.98. The molecule has 0 aliphatic carbocycles. The molecule has 2 radical (unpaired) electrons. The van der Waals surface area contributed by atoms with Crippen LogP contribution < -0.4 is 0 Å². The van der Waals surface area contributed by atoms with Gasteiger partial charge >= 0.3 is 0 Å². The quantitative estimate of drug-likeness (QED) is 0.486. The number of halogens is 1. The van der Waals surface area contributed by atoms with E-state index in [1.165, 1.54) is 12.1 Å². The third-order valence-corrected chi connectivity index (χ3v) is 1.56. The van der Waals surface area contributed by atoms with Crippen molar-refractivity contribution >= 4 is 14.1 Å². The lowest BCUT2D eigenvalue weighted by Gasteiger charge is -2.02. The van der Waals surface area contributed by atoms with Crippen LogP contribution in [0, 0.1) is 5.82 Å². The summed E-state index contributed by atoms with van der Waals surface area (Å²) in [5, 5.41) is 0. The van der Waals surface area contributed by atoms with E-state index in [2.05, 4.69) is 0 Å². The number of hydrogen-bond acceptors (Lipinski definition) is 1. The van der Waals surface area contributed by atoms with Gasteiger partial charge in [-0.2, -0.15) is 0 Å². The lowest BCUT2D eigenvalue weighted by atomic mass is 9.83. The first-order chi connectivity index (χ1) is 5.72. The van der Waals surface area contributed by atoms with Crippen molar-refractivity contribution in [2.75, 3.05) is 0 Å². The van der Waals surface area contributed by atoms with Crippen LogP contribution in [0.5, 0.6) is 0 Å². The molecule has 1 atom stereocenters. The summed E-state index contributed by atoms with van der Waals surface area (Å²) in [4.78, 5) is 10.2. The molecule has 0 amide bonds. The van der Waals surface area contributed by atoms with E-state index in [4.69, 9.17) is 7.85 Å². The summed E-state index contributed by atoms with van der Waals surface area (Å²) in [6, 6.07) is 5.96. The van der Waals surface area contributed by atoms with Gasteiger partial charge in [-0.1, -0.05) is 12.1 Å².